The molecule has 4 rings (SSSR count). The van der Waals surface area contributed by atoms with Gasteiger partial charge in [-0.1, -0.05) is 18.2 Å². The third-order valence-corrected chi connectivity index (χ3v) is 5.89. The number of thiazole rings is 1. The summed E-state index contributed by atoms with van der Waals surface area (Å²) < 4.78 is 10.8. The number of benzene rings is 1. The fourth-order valence-corrected chi connectivity index (χ4v) is 4.34. The van der Waals surface area contributed by atoms with Crippen molar-refractivity contribution in [3.8, 4) is 22.2 Å². The largest absolute Gasteiger partial charge is 0.484 e. The second-order valence-corrected chi connectivity index (χ2v) is 7.73. The Morgan fingerprint density at radius 1 is 1.21 bits per heavy atom. The number of piperidine rings is 1. The van der Waals surface area contributed by atoms with Gasteiger partial charge in [-0.15, -0.1) is 11.3 Å². The minimum atomic E-state index is -0.00756. The molecule has 1 saturated heterocycles. The summed E-state index contributed by atoms with van der Waals surface area (Å²) in [7, 11) is 1.60. The van der Waals surface area contributed by atoms with E-state index in [4.69, 9.17) is 14.5 Å². The molecule has 3 aromatic rings. The van der Waals surface area contributed by atoms with E-state index < -0.39 is 0 Å². The van der Waals surface area contributed by atoms with Crippen molar-refractivity contribution in [2.24, 2.45) is 0 Å². The number of rotatable bonds is 6. The lowest BCUT2D eigenvalue weighted by Gasteiger charge is -2.34. The topological polar surface area (TPSA) is 64.5 Å². The van der Waals surface area contributed by atoms with Crippen molar-refractivity contribution in [1.29, 1.82) is 0 Å². The van der Waals surface area contributed by atoms with Crippen molar-refractivity contribution < 1.29 is 14.3 Å². The van der Waals surface area contributed by atoms with Gasteiger partial charge in [0.2, 0.25) is 5.88 Å². The normalized spacial score (nSPS) is 16.4. The summed E-state index contributed by atoms with van der Waals surface area (Å²) in [5.41, 5.74) is 1.89. The molecular weight excluding hydrogens is 386 g/mol. The molecule has 1 aliphatic rings. The first-order valence-electron chi connectivity index (χ1n) is 9.68. The van der Waals surface area contributed by atoms with Gasteiger partial charge in [0, 0.05) is 29.8 Å². The van der Waals surface area contributed by atoms with Crippen LogP contribution in [0.25, 0.3) is 10.6 Å². The zero-order chi connectivity index (χ0) is 20.1. The standard InChI is InChI=1S/C22H23N3O3S/c1-27-20-11-10-16(13-23-20)22-24-18(15-29-22)19-9-5-6-12-25(19)21(26)14-28-17-7-3-2-4-8-17/h2-4,7-8,10-11,13,15,19H,5-6,9,12,14H2,1H3. The number of methoxy groups -OCH3 is 1. The van der Waals surface area contributed by atoms with E-state index in [1.807, 2.05) is 52.7 Å². The molecule has 0 N–H and O–H groups in total. The Kier molecular flexibility index (Phi) is 6.05. The van der Waals surface area contributed by atoms with Gasteiger partial charge < -0.3 is 14.4 Å². The molecule has 0 spiro atoms. The monoisotopic (exact) mass is 409 g/mol. The Balaban J connectivity index is 1.47. The van der Waals surface area contributed by atoms with Crippen LogP contribution in [-0.4, -0.2) is 41.0 Å². The molecule has 1 atom stereocenters. The highest BCUT2D eigenvalue weighted by Crippen LogP contribution is 2.34. The SMILES string of the molecule is COc1ccc(-c2nc(C3CCCCN3C(=O)COc3ccccc3)cs2)cn1. The third kappa shape index (κ3) is 4.56. The third-order valence-electron chi connectivity index (χ3n) is 4.98. The van der Waals surface area contributed by atoms with Gasteiger partial charge >= 0.3 is 0 Å². The van der Waals surface area contributed by atoms with Gasteiger partial charge in [0.25, 0.3) is 5.91 Å². The van der Waals surface area contributed by atoms with Gasteiger partial charge in [-0.05, 0) is 37.5 Å². The first-order chi connectivity index (χ1) is 14.2. The molecule has 6 nitrogen and oxygen atoms in total. The van der Waals surface area contributed by atoms with Crippen LogP contribution in [-0.2, 0) is 4.79 Å². The average Bonchev–Trinajstić information content (AvgIpc) is 3.28. The quantitative estimate of drug-likeness (QED) is 0.606. The number of pyridine rings is 1. The molecule has 7 heteroatoms. The van der Waals surface area contributed by atoms with Crippen LogP contribution in [0.4, 0.5) is 0 Å². The van der Waals surface area contributed by atoms with Crippen LogP contribution in [0.3, 0.4) is 0 Å². The second kappa shape index (κ2) is 9.05. The number of ether oxygens (including phenoxy) is 2. The Bertz CT molecular complexity index is 943. The van der Waals surface area contributed by atoms with Crippen molar-refractivity contribution in [2.75, 3.05) is 20.3 Å². The zero-order valence-electron chi connectivity index (χ0n) is 16.3. The first kappa shape index (κ1) is 19.4. The van der Waals surface area contributed by atoms with Crippen LogP contribution in [0.5, 0.6) is 11.6 Å². The first-order valence-corrected chi connectivity index (χ1v) is 10.6. The van der Waals surface area contributed by atoms with Crippen LogP contribution >= 0.6 is 11.3 Å². The molecule has 29 heavy (non-hydrogen) atoms. The molecule has 0 radical (unpaired) electrons. The molecule has 1 unspecified atom stereocenters. The molecule has 1 amide bonds. The Labute approximate surface area is 174 Å². The Hall–Kier alpha value is -2.93. The van der Waals surface area contributed by atoms with E-state index in [0.717, 1.165) is 42.1 Å². The fraction of sp³-hybridized carbons (Fsp3) is 0.318. The molecule has 0 aliphatic carbocycles. The number of carbonyl (C=O) groups excluding carboxylic acids is 1. The zero-order valence-corrected chi connectivity index (χ0v) is 17.1. The number of hydrogen-bond acceptors (Lipinski definition) is 6. The van der Waals surface area contributed by atoms with Crippen molar-refractivity contribution in [2.45, 2.75) is 25.3 Å². The maximum absolute atomic E-state index is 12.9. The van der Waals surface area contributed by atoms with Crippen LogP contribution < -0.4 is 9.47 Å². The summed E-state index contributed by atoms with van der Waals surface area (Å²) in [6, 6.07) is 13.2. The predicted molar refractivity (Wildman–Crippen MR) is 112 cm³/mol. The summed E-state index contributed by atoms with van der Waals surface area (Å²) in [6.45, 7) is 0.776. The maximum atomic E-state index is 12.9. The number of para-hydroxylation sites is 1. The molecule has 1 fully saturated rings. The molecule has 150 valence electrons. The van der Waals surface area contributed by atoms with E-state index in [2.05, 4.69) is 4.98 Å². The Morgan fingerprint density at radius 2 is 2.07 bits per heavy atom. The van der Waals surface area contributed by atoms with Crippen LogP contribution in [0.15, 0.2) is 54.0 Å². The Morgan fingerprint density at radius 3 is 2.83 bits per heavy atom. The fourth-order valence-electron chi connectivity index (χ4n) is 3.48. The molecule has 2 aromatic heterocycles. The molecule has 0 saturated carbocycles. The summed E-state index contributed by atoms with van der Waals surface area (Å²) in [5.74, 6) is 1.28. The van der Waals surface area contributed by atoms with E-state index in [1.165, 1.54) is 0 Å². The molecular formula is C22H23N3O3S. The van der Waals surface area contributed by atoms with Gasteiger partial charge in [-0.25, -0.2) is 9.97 Å². The minimum Gasteiger partial charge on any atom is -0.484 e. The summed E-state index contributed by atoms with van der Waals surface area (Å²) in [4.78, 5) is 23.8. The molecule has 1 aliphatic heterocycles. The van der Waals surface area contributed by atoms with E-state index in [9.17, 15) is 4.79 Å². The smallest absolute Gasteiger partial charge is 0.261 e. The number of likely N-dealkylation sites (tertiary alicyclic amines) is 1. The minimum absolute atomic E-state index is 0.000725. The highest BCUT2D eigenvalue weighted by atomic mass is 32.1. The number of carbonyl (C=O) groups is 1. The van der Waals surface area contributed by atoms with Crippen molar-refractivity contribution >= 4 is 17.2 Å². The lowest BCUT2D eigenvalue weighted by molar-refractivity contribution is -0.137. The maximum Gasteiger partial charge on any atom is 0.261 e. The van der Waals surface area contributed by atoms with Crippen LogP contribution in [0, 0.1) is 0 Å². The van der Waals surface area contributed by atoms with E-state index in [1.54, 1.807) is 24.6 Å². The summed E-state index contributed by atoms with van der Waals surface area (Å²) in [6.07, 6.45) is 4.78. The van der Waals surface area contributed by atoms with Gasteiger partial charge in [0.05, 0.1) is 18.8 Å². The van der Waals surface area contributed by atoms with Gasteiger partial charge in [-0.2, -0.15) is 0 Å². The van der Waals surface area contributed by atoms with Gasteiger partial charge in [0.1, 0.15) is 10.8 Å². The van der Waals surface area contributed by atoms with Crippen molar-refractivity contribution in [3.05, 3.63) is 59.7 Å². The summed E-state index contributed by atoms with van der Waals surface area (Å²) >= 11 is 1.57. The number of nitrogens with zero attached hydrogens (tertiary/aromatic N) is 3. The number of hydrogen-bond donors (Lipinski definition) is 0. The van der Waals surface area contributed by atoms with Crippen LogP contribution in [0.1, 0.15) is 31.0 Å². The lowest BCUT2D eigenvalue weighted by atomic mass is 10.00. The molecule has 3 heterocycles. The van der Waals surface area contributed by atoms with Gasteiger partial charge in [-0.3, -0.25) is 4.79 Å². The average molecular weight is 410 g/mol. The summed E-state index contributed by atoms with van der Waals surface area (Å²) in [5, 5.41) is 2.95. The lowest BCUT2D eigenvalue weighted by Crippen LogP contribution is -2.41. The molecule has 0 bridgehead atoms. The van der Waals surface area contributed by atoms with Crippen molar-refractivity contribution in [1.82, 2.24) is 14.9 Å². The number of aromatic nitrogens is 2. The van der Waals surface area contributed by atoms with E-state index >= 15 is 0 Å². The van der Waals surface area contributed by atoms with E-state index in [-0.39, 0.29) is 18.6 Å². The number of amides is 1. The second-order valence-electron chi connectivity index (χ2n) is 6.87. The highest BCUT2D eigenvalue weighted by Gasteiger charge is 2.30. The van der Waals surface area contributed by atoms with Crippen molar-refractivity contribution in [3.63, 3.8) is 0 Å². The highest BCUT2D eigenvalue weighted by molar-refractivity contribution is 7.13. The van der Waals surface area contributed by atoms with Crippen LogP contribution in [0.2, 0.25) is 0 Å². The van der Waals surface area contributed by atoms with E-state index in [0.29, 0.717) is 11.6 Å². The van der Waals surface area contributed by atoms with Gasteiger partial charge in [0.15, 0.2) is 6.61 Å². The predicted octanol–water partition coefficient (Wildman–Crippen LogP) is 4.35. The molecule has 1 aromatic carbocycles.